The van der Waals surface area contributed by atoms with Gasteiger partial charge in [0.1, 0.15) is 16.9 Å². The number of nitrogens with zero attached hydrogens (tertiary/aromatic N) is 8. The molecule has 0 unspecified atom stereocenters. The number of nitrogens with one attached hydrogen (secondary N) is 2. The highest BCUT2D eigenvalue weighted by atomic mass is 16.5. The lowest BCUT2D eigenvalue weighted by Crippen LogP contribution is -1.87. The van der Waals surface area contributed by atoms with Crippen LogP contribution in [0.3, 0.4) is 0 Å². The highest BCUT2D eigenvalue weighted by molar-refractivity contribution is 5.96. The third-order valence-electron chi connectivity index (χ3n) is 5.41. The molecule has 0 bridgehead atoms. The van der Waals surface area contributed by atoms with Crippen molar-refractivity contribution in [2.45, 2.75) is 27.7 Å². The summed E-state index contributed by atoms with van der Waals surface area (Å²) in [6, 6.07) is 4.26. The monoisotopic (exact) mass is 642 g/mol. The average molecular weight is 643 g/mol. The minimum Gasteiger partial charge on any atom is -0.361 e. The fraction of sp³-hybridized carbons (Fsp3) is 0.139. The molecular weight excluding hydrogens is 604 g/mol. The number of aromatic nitrogens is 5. The summed E-state index contributed by atoms with van der Waals surface area (Å²) in [6.45, 7) is 7.88. The van der Waals surface area contributed by atoms with Crippen LogP contribution in [0.4, 0.5) is 0 Å². The van der Waals surface area contributed by atoms with Crippen molar-refractivity contribution < 1.29 is 15.9 Å². The van der Waals surface area contributed by atoms with E-state index in [1.54, 1.807) is 0 Å². The Hall–Kier alpha value is -8.05. The van der Waals surface area contributed by atoms with Gasteiger partial charge in [0.2, 0.25) is 0 Å². The van der Waals surface area contributed by atoms with Crippen LogP contribution in [0, 0.1) is 146 Å². The third-order valence-corrected chi connectivity index (χ3v) is 5.41. The molecule has 0 aliphatic rings. The molecule has 12 nitrogen and oxygen atoms in total. The van der Waals surface area contributed by atoms with Gasteiger partial charge in [-0.2, -0.15) is 10.6 Å². The summed E-state index contributed by atoms with van der Waals surface area (Å²) in [5, 5.41) is 17.8. The zero-order valence-corrected chi connectivity index (χ0v) is 26.3. The Labute approximate surface area is 289 Å². The van der Waals surface area contributed by atoms with Crippen LogP contribution in [0.15, 0.2) is 43.8 Å². The lowest BCUT2D eigenvalue weighted by atomic mass is 9.97. The van der Waals surface area contributed by atoms with E-state index in [0.717, 1.165) is 56.3 Å². The van der Waals surface area contributed by atoms with Gasteiger partial charge in [-0.25, -0.2) is 4.98 Å². The van der Waals surface area contributed by atoms with Gasteiger partial charge in [-0.15, -0.1) is 17.8 Å². The molecule has 0 fully saturated rings. The molecule has 0 atom stereocenters. The van der Waals surface area contributed by atoms with E-state index in [1.165, 1.54) is 0 Å². The number of fused-ring (bicyclic) bond motifs is 1. The molecule has 0 saturated heterocycles. The molecule has 0 saturated carbocycles. The van der Waals surface area contributed by atoms with E-state index in [2.05, 4.69) is 143 Å². The van der Waals surface area contributed by atoms with E-state index >= 15 is 0 Å². The quantitative estimate of drug-likeness (QED) is 0.104. The number of hydrogen-bond donors (Lipinski definition) is 2. The Bertz CT molecular complexity index is 2340. The van der Waals surface area contributed by atoms with Crippen molar-refractivity contribution in [1.82, 2.24) is 24.9 Å². The molecule has 0 aliphatic carbocycles. The van der Waals surface area contributed by atoms with Crippen LogP contribution >= 0.6 is 0 Å². The first-order valence-electron chi connectivity index (χ1n) is 13.2. The smallest absolute Gasteiger partial charge is 0.141 e. The van der Waals surface area contributed by atoms with Gasteiger partial charge in [-0.3, -0.25) is 4.68 Å². The summed E-state index contributed by atoms with van der Waals surface area (Å²) in [4.78, 5) is 16.9. The summed E-state index contributed by atoms with van der Waals surface area (Å²) in [7, 11) is 1.93. The molecule has 48 heavy (non-hydrogen) atoms. The van der Waals surface area contributed by atoms with Crippen molar-refractivity contribution in [2.24, 2.45) is 28.0 Å². The highest BCUT2D eigenvalue weighted by Gasteiger charge is 2.18. The number of nitroso groups, excluding NO2 is 1. The van der Waals surface area contributed by atoms with Gasteiger partial charge < -0.3 is 9.51 Å². The van der Waals surface area contributed by atoms with Crippen molar-refractivity contribution in [3.63, 3.8) is 0 Å². The third kappa shape index (κ3) is 11.6. The molecule has 0 aliphatic heterocycles. The minimum atomic E-state index is 0. The van der Waals surface area contributed by atoms with Crippen LogP contribution in [-0.4, -0.2) is 24.9 Å². The Morgan fingerprint density at radius 3 is 1.75 bits per heavy atom. The molecule has 3 heterocycles. The number of terminal acetylenes is 2. The lowest BCUT2D eigenvalue weighted by molar-refractivity contribution is 0.393. The van der Waals surface area contributed by atoms with Gasteiger partial charge in [0.25, 0.3) is 0 Å². The summed E-state index contributed by atoms with van der Waals surface area (Å²) in [5.74, 6) is 39.9. The molecule has 3 aromatic heterocycles. The fourth-order valence-corrected chi connectivity index (χ4v) is 3.83. The SMILES string of the molecule is C#CC#CC#CC#CC#CC#CC#CC#CC#C.Cc1nc2c(-c3cn(C)nc3C)cc(-c3c(C)noc3C)cc2[nH]1.N=N/N=N/N=O.[HH].[HH].[HH].[HH].[HH].[HH].[HH].[HH]. The second-order valence-corrected chi connectivity index (χ2v) is 8.64. The molecule has 0 amide bonds. The molecule has 4 aromatic rings. The van der Waals surface area contributed by atoms with Crippen molar-refractivity contribution in [3.8, 4) is 130 Å². The molecular formula is C36H38N10O2. The second-order valence-electron chi connectivity index (χ2n) is 8.64. The molecule has 244 valence electrons. The Morgan fingerprint density at radius 2 is 1.35 bits per heavy atom. The first-order chi connectivity index (χ1) is 23.3. The molecule has 0 radical (unpaired) electrons. The zero-order chi connectivity index (χ0) is 35.1. The van der Waals surface area contributed by atoms with Gasteiger partial charge in [0, 0.05) is 46.6 Å². The highest BCUT2D eigenvalue weighted by Crippen LogP contribution is 2.36. The van der Waals surface area contributed by atoms with Gasteiger partial charge in [0.05, 0.1) is 22.4 Å². The molecule has 12 heteroatoms. The number of H-pyrrole nitrogens is 1. The summed E-state index contributed by atoms with van der Waals surface area (Å²) in [5.41, 5.74) is 14.0. The van der Waals surface area contributed by atoms with Crippen LogP contribution in [0.5, 0.6) is 0 Å². The van der Waals surface area contributed by atoms with E-state index < -0.39 is 0 Å². The van der Waals surface area contributed by atoms with Gasteiger partial charge in [-0.1, -0.05) is 5.16 Å². The largest absolute Gasteiger partial charge is 0.361 e. The Kier molecular flexibility index (Phi) is 15.1. The van der Waals surface area contributed by atoms with Crippen molar-refractivity contribution in [1.29, 1.82) is 5.53 Å². The number of aryl methyl sites for hydroxylation is 5. The number of rotatable bonds is 4. The van der Waals surface area contributed by atoms with E-state index in [1.807, 2.05) is 50.9 Å². The molecule has 2 N–H and O–H groups in total. The van der Waals surface area contributed by atoms with Gasteiger partial charge in [-0.05, 0) is 151 Å². The maximum atomic E-state index is 8.91. The standard InChI is InChI=1S/C18H19N5O.C18H2.HN5O.8H2/c1-9-15(8-23(5)21-9)14-6-13(17-10(2)22-24-11(17)3)7-16-18(14)20-12(4)19-16;1-3-5-7-9-11-13-15-17-18-16-14-12-10-8-6-4-2;1-2-3-4-5-6;;;;;;;;/h6-8H,1-5H3,(H,19,20);1-2H;1H;8*1H/b;;2-1?,4-3+;;;;;;;;. The lowest BCUT2D eigenvalue weighted by Gasteiger charge is -2.06. The number of imidazole rings is 1. The number of aromatic amines is 1. The summed E-state index contributed by atoms with van der Waals surface area (Å²) >= 11 is 0. The molecule has 0 spiro atoms. The predicted molar refractivity (Wildman–Crippen MR) is 198 cm³/mol. The maximum absolute atomic E-state index is 8.91. The predicted octanol–water partition coefficient (Wildman–Crippen LogP) is 7.16. The normalized spacial score (nSPS) is 8.23. The van der Waals surface area contributed by atoms with Crippen LogP contribution < -0.4 is 0 Å². The minimum absolute atomic E-state index is 0. The first kappa shape index (κ1) is 36.1. The van der Waals surface area contributed by atoms with Crippen molar-refractivity contribution >= 4 is 11.0 Å². The fourth-order valence-electron chi connectivity index (χ4n) is 3.83. The van der Waals surface area contributed by atoms with Crippen LogP contribution in [0.2, 0.25) is 0 Å². The van der Waals surface area contributed by atoms with Crippen molar-refractivity contribution in [2.75, 3.05) is 0 Å². The summed E-state index contributed by atoms with van der Waals surface area (Å²) in [6.07, 6.45) is 11.8. The van der Waals surface area contributed by atoms with Gasteiger partial charge in [0.15, 0.2) is 0 Å². The van der Waals surface area contributed by atoms with Gasteiger partial charge >= 0.3 is 0 Å². The maximum Gasteiger partial charge on any atom is 0.141 e. The van der Waals surface area contributed by atoms with E-state index in [0.29, 0.717) is 0 Å². The topological polar surface area (TPSA) is 163 Å². The zero-order valence-electron chi connectivity index (χ0n) is 26.3. The Balaban J connectivity index is -0.000000136. The van der Waals surface area contributed by atoms with Crippen LogP contribution in [-0.2, 0) is 7.05 Å². The average Bonchev–Trinajstić information content (AvgIpc) is 3.73. The summed E-state index contributed by atoms with van der Waals surface area (Å²) < 4.78 is 7.18. The van der Waals surface area contributed by atoms with Crippen LogP contribution in [0.25, 0.3) is 33.3 Å². The number of benzene rings is 1. The van der Waals surface area contributed by atoms with E-state index in [4.69, 9.17) is 27.8 Å². The first-order valence-corrected chi connectivity index (χ1v) is 13.2. The van der Waals surface area contributed by atoms with Crippen LogP contribution in [0.1, 0.15) is 34.4 Å². The van der Waals surface area contributed by atoms with Crippen molar-refractivity contribution in [3.05, 3.63) is 46.2 Å². The van der Waals surface area contributed by atoms with E-state index in [9.17, 15) is 0 Å². The molecule has 1 aromatic carbocycles. The molecule has 4 rings (SSSR count). The number of hydrogen-bond acceptors (Lipinski definition) is 6. The van der Waals surface area contributed by atoms with E-state index in [-0.39, 0.29) is 11.4 Å². The Morgan fingerprint density at radius 1 is 0.812 bits per heavy atom. The second kappa shape index (κ2) is 20.0.